The van der Waals surface area contributed by atoms with Crippen molar-refractivity contribution in [3.8, 4) is 11.5 Å². The van der Waals surface area contributed by atoms with E-state index in [9.17, 15) is 26.3 Å². The first kappa shape index (κ1) is 22.3. The molecule has 0 bridgehead atoms. The molecule has 7 nitrogen and oxygen atoms in total. The van der Waals surface area contributed by atoms with Gasteiger partial charge in [0.25, 0.3) is 0 Å². The molecular weight excluding hydrogens is 468 g/mol. The van der Waals surface area contributed by atoms with Gasteiger partial charge in [0.05, 0.1) is 30.4 Å². The molecule has 13 heteroatoms. The van der Waals surface area contributed by atoms with Crippen LogP contribution in [0.15, 0.2) is 39.9 Å². The van der Waals surface area contributed by atoms with Crippen LogP contribution in [0.5, 0.6) is 0 Å². The van der Waals surface area contributed by atoms with E-state index in [0.717, 1.165) is 18.2 Å². The van der Waals surface area contributed by atoms with Crippen molar-refractivity contribution < 1.29 is 35.5 Å². The fourth-order valence-electron chi connectivity index (χ4n) is 4.07. The number of fused-ring (bicyclic) bond motifs is 1. The number of aromatic nitrogens is 3. The predicted octanol–water partition coefficient (Wildman–Crippen LogP) is 4.49. The monoisotopic (exact) mass is 483 g/mol. The number of alkyl halides is 4. The predicted molar refractivity (Wildman–Crippen MR) is 104 cm³/mol. The molecule has 5 rings (SSSR count). The Kier molecular flexibility index (Phi) is 5.50. The van der Waals surface area contributed by atoms with E-state index >= 15 is 0 Å². The Morgan fingerprint density at radius 2 is 1.97 bits per heavy atom. The summed E-state index contributed by atoms with van der Waals surface area (Å²) in [6, 6.07) is 3.82. The second-order valence-corrected chi connectivity index (χ2v) is 7.76. The van der Waals surface area contributed by atoms with Crippen molar-refractivity contribution in [3.05, 3.63) is 64.8 Å². The van der Waals surface area contributed by atoms with Gasteiger partial charge in [-0.25, -0.2) is 13.2 Å². The van der Waals surface area contributed by atoms with Crippen LogP contribution in [0.4, 0.5) is 26.3 Å². The van der Waals surface area contributed by atoms with Gasteiger partial charge >= 0.3 is 6.36 Å². The van der Waals surface area contributed by atoms with Gasteiger partial charge in [-0.2, -0.15) is 0 Å². The van der Waals surface area contributed by atoms with Gasteiger partial charge in [-0.15, -0.1) is 23.4 Å². The number of pyridine rings is 1. The normalized spacial score (nSPS) is 20.1. The van der Waals surface area contributed by atoms with E-state index in [1.807, 2.05) is 0 Å². The zero-order valence-electron chi connectivity index (χ0n) is 17.2. The molecule has 4 heterocycles. The molecule has 178 valence electrons. The molecule has 0 N–H and O–H groups in total. The molecule has 34 heavy (non-hydrogen) atoms. The van der Waals surface area contributed by atoms with Crippen LogP contribution < -0.4 is 0 Å². The highest BCUT2D eigenvalue weighted by Gasteiger charge is 2.39. The molecule has 1 fully saturated rings. The van der Waals surface area contributed by atoms with Crippen LogP contribution in [0.1, 0.15) is 35.2 Å². The van der Waals surface area contributed by atoms with E-state index in [1.165, 1.54) is 6.20 Å². The van der Waals surface area contributed by atoms with E-state index in [2.05, 4.69) is 24.9 Å². The maximum atomic E-state index is 14.5. The second kappa shape index (κ2) is 8.38. The molecule has 0 saturated carbocycles. The van der Waals surface area contributed by atoms with Gasteiger partial charge in [-0.05, 0) is 24.3 Å². The third-order valence-corrected chi connectivity index (χ3v) is 5.50. The SMILES string of the molecule is Fc1ccc(F)c([C@H]2C[C@H](F)CN2C2=NCc3ncc(-c4nnc(COC(F)(F)F)o4)cc32)c1. The largest absolute Gasteiger partial charge is 0.523 e. The highest BCUT2D eigenvalue weighted by Crippen LogP contribution is 2.38. The summed E-state index contributed by atoms with van der Waals surface area (Å²) >= 11 is 0. The number of likely N-dealkylation sites (tertiary alicyclic amines) is 1. The van der Waals surface area contributed by atoms with Gasteiger partial charge in [-0.1, -0.05) is 0 Å². The van der Waals surface area contributed by atoms with Crippen LogP contribution in [0.3, 0.4) is 0 Å². The Morgan fingerprint density at radius 3 is 2.76 bits per heavy atom. The van der Waals surface area contributed by atoms with Crippen LogP contribution >= 0.6 is 0 Å². The molecule has 0 spiro atoms. The lowest BCUT2D eigenvalue weighted by molar-refractivity contribution is -0.332. The first-order chi connectivity index (χ1) is 16.2. The number of rotatable bonds is 4. The number of ether oxygens (including phenoxy) is 1. The van der Waals surface area contributed by atoms with Crippen molar-refractivity contribution in [2.24, 2.45) is 4.99 Å². The summed E-state index contributed by atoms with van der Waals surface area (Å²) in [7, 11) is 0. The van der Waals surface area contributed by atoms with Crippen molar-refractivity contribution >= 4 is 5.84 Å². The first-order valence-corrected chi connectivity index (χ1v) is 10.1. The molecule has 0 radical (unpaired) electrons. The Balaban J connectivity index is 1.43. The minimum atomic E-state index is -4.85. The van der Waals surface area contributed by atoms with Crippen LogP contribution in [0.2, 0.25) is 0 Å². The van der Waals surface area contributed by atoms with Crippen LogP contribution in [0, 0.1) is 11.6 Å². The van der Waals surface area contributed by atoms with Crippen LogP contribution in [0.25, 0.3) is 11.5 Å². The lowest BCUT2D eigenvalue weighted by Gasteiger charge is -2.27. The number of halogens is 6. The fraction of sp³-hybridized carbons (Fsp3) is 0.333. The topological polar surface area (TPSA) is 76.6 Å². The zero-order valence-corrected chi connectivity index (χ0v) is 17.2. The molecule has 2 aromatic heterocycles. The number of aliphatic imine (C=N–C) groups is 1. The number of hydrogen-bond donors (Lipinski definition) is 0. The minimum absolute atomic E-state index is 0.0200. The van der Waals surface area contributed by atoms with Crippen LogP contribution in [-0.2, 0) is 17.9 Å². The lowest BCUT2D eigenvalue weighted by Crippen LogP contribution is -2.32. The number of hydrogen-bond acceptors (Lipinski definition) is 7. The molecule has 2 aliphatic rings. The Labute approximate surface area is 188 Å². The van der Waals surface area contributed by atoms with Crippen molar-refractivity contribution in [1.29, 1.82) is 0 Å². The second-order valence-electron chi connectivity index (χ2n) is 7.76. The quantitative estimate of drug-likeness (QED) is 0.509. The van der Waals surface area contributed by atoms with Crippen LogP contribution in [-0.4, -0.2) is 45.0 Å². The number of amidine groups is 1. The summed E-state index contributed by atoms with van der Waals surface area (Å²) in [6.07, 6.45) is -4.79. The maximum Gasteiger partial charge on any atom is 0.523 e. The van der Waals surface area contributed by atoms with Gasteiger partial charge in [0.15, 0.2) is 0 Å². The highest BCUT2D eigenvalue weighted by molar-refractivity contribution is 6.02. The molecule has 2 aliphatic heterocycles. The van der Waals surface area contributed by atoms with Crippen molar-refractivity contribution in [1.82, 2.24) is 20.1 Å². The van der Waals surface area contributed by atoms with Gasteiger partial charge in [-0.3, -0.25) is 14.7 Å². The zero-order chi connectivity index (χ0) is 24.0. The summed E-state index contributed by atoms with van der Waals surface area (Å²) in [5, 5.41) is 7.25. The van der Waals surface area contributed by atoms with Gasteiger partial charge < -0.3 is 9.32 Å². The molecule has 3 aromatic rings. The lowest BCUT2D eigenvalue weighted by atomic mass is 10.0. The molecule has 0 unspecified atom stereocenters. The van der Waals surface area contributed by atoms with Gasteiger partial charge in [0.1, 0.15) is 30.2 Å². The smallest absolute Gasteiger partial charge is 0.418 e. The first-order valence-electron chi connectivity index (χ1n) is 10.1. The summed E-state index contributed by atoms with van der Waals surface area (Å²) < 4.78 is 88.3. The standard InChI is InChI=1S/C21H15F6N5O2/c22-11-1-2-15(24)13(4-11)17-5-12(23)8-32(17)19-14-3-10(6-28-16(14)7-29-19)20-31-30-18(34-20)9-33-21(25,26)27/h1-4,6,12,17H,5,7-9H2/t12-,17+/m0/s1. The van der Waals surface area contributed by atoms with E-state index in [4.69, 9.17) is 4.42 Å². The molecule has 0 amide bonds. The van der Waals surface area contributed by atoms with E-state index in [-0.39, 0.29) is 36.9 Å². The van der Waals surface area contributed by atoms with Crippen molar-refractivity contribution in [2.75, 3.05) is 6.54 Å². The molecule has 1 aromatic carbocycles. The molecular formula is C21H15F6N5O2. The maximum absolute atomic E-state index is 14.5. The Hall–Kier alpha value is -3.48. The number of benzene rings is 1. The van der Waals surface area contributed by atoms with Crippen molar-refractivity contribution in [2.45, 2.75) is 38.1 Å². The minimum Gasteiger partial charge on any atom is -0.418 e. The Morgan fingerprint density at radius 1 is 1.15 bits per heavy atom. The van der Waals surface area contributed by atoms with E-state index in [1.54, 1.807) is 11.0 Å². The van der Waals surface area contributed by atoms with E-state index in [0.29, 0.717) is 22.7 Å². The highest BCUT2D eigenvalue weighted by atomic mass is 19.4. The fourth-order valence-corrected chi connectivity index (χ4v) is 4.07. The molecule has 1 saturated heterocycles. The Bertz CT molecular complexity index is 1260. The molecule has 0 aliphatic carbocycles. The summed E-state index contributed by atoms with van der Waals surface area (Å²) in [5.74, 6) is -1.44. The summed E-state index contributed by atoms with van der Waals surface area (Å²) in [5.41, 5.74) is 1.37. The number of nitrogens with zero attached hydrogens (tertiary/aromatic N) is 5. The van der Waals surface area contributed by atoms with Gasteiger partial charge in [0.2, 0.25) is 11.8 Å². The van der Waals surface area contributed by atoms with Crippen molar-refractivity contribution in [3.63, 3.8) is 0 Å². The summed E-state index contributed by atoms with van der Waals surface area (Å²) in [4.78, 5) is 10.3. The third-order valence-electron chi connectivity index (χ3n) is 5.50. The molecule has 2 atom stereocenters. The average molecular weight is 483 g/mol. The van der Waals surface area contributed by atoms with E-state index < -0.39 is 36.8 Å². The average Bonchev–Trinajstić information content (AvgIpc) is 3.51. The third kappa shape index (κ3) is 4.34. The van der Waals surface area contributed by atoms with Gasteiger partial charge in [0, 0.05) is 23.7 Å². The summed E-state index contributed by atoms with van der Waals surface area (Å²) in [6.45, 7) is -0.845.